The fourth-order valence-corrected chi connectivity index (χ4v) is 0.248. The van der Waals surface area contributed by atoms with Gasteiger partial charge in [-0.3, -0.25) is 9.68 Å². The van der Waals surface area contributed by atoms with E-state index in [1.165, 1.54) is 0 Å². The molecule has 0 atom stereocenters. The van der Waals surface area contributed by atoms with E-state index in [0.717, 1.165) is 0 Å². The topological polar surface area (TPSA) is 44.8 Å². The van der Waals surface area contributed by atoms with Crippen LogP contribution in [0.1, 0.15) is 13.8 Å². The molecule has 0 aliphatic rings. The Bertz CT molecular complexity index is 44.5. The van der Waals surface area contributed by atoms with Gasteiger partial charge in [-0.1, -0.05) is 0 Å². The first-order valence-electron chi connectivity index (χ1n) is 2.54. The molecule has 0 aromatic carbocycles. The molecule has 0 heterocycles. The summed E-state index contributed by atoms with van der Waals surface area (Å²) >= 11 is 0. The van der Waals surface area contributed by atoms with Crippen LogP contribution in [0.5, 0.6) is 0 Å². The molecule has 0 fully saturated rings. The van der Waals surface area contributed by atoms with Gasteiger partial charge in [-0.25, -0.2) is 0 Å². The Morgan fingerprint density at radius 2 is 1.62 bits per heavy atom. The predicted octanol–water partition coefficient (Wildman–Crippen LogP) is 0.689. The van der Waals surface area contributed by atoms with Crippen molar-refractivity contribution in [2.24, 2.45) is 0 Å². The summed E-state index contributed by atoms with van der Waals surface area (Å²) in [5.74, 6) is 0. The fraction of sp³-hybridized carbons (Fsp3) is 1.00. The summed E-state index contributed by atoms with van der Waals surface area (Å²) in [6, 6.07) is 0. The molecule has 0 saturated carbocycles. The van der Waals surface area contributed by atoms with E-state index in [2.05, 4.69) is 9.68 Å². The monoisotopic (exact) mass is 120 g/mol. The maximum Gasteiger partial charge on any atom is 0.0672 e. The zero-order chi connectivity index (χ0) is 6.41. The van der Waals surface area contributed by atoms with Gasteiger partial charge >= 0.3 is 0 Å². The third-order valence-electron chi connectivity index (χ3n) is 0.469. The summed E-state index contributed by atoms with van der Waals surface area (Å²) in [4.78, 5) is 8.68. The van der Waals surface area contributed by atoms with Crippen LogP contribution < -0.4 is 0 Å². The van der Waals surface area contributed by atoms with Gasteiger partial charge in [0.2, 0.25) is 0 Å². The molecule has 0 saturated heterocycles. The maximum absolute atomic E-state index is 10.1. The number of hydrogen-bond donors (Lipinski definition) is 0. The van der Waals surface area contributed by atoms with Crippen LogP contribution in [0.3, 0.4) is 0 Å². The Morgan fingerprint density at radius 3 is 1.88 bits per heavy atom. The van der Waals surface area contributed by atoms with Gasteiger partial charge in [0, 0.05) is 0 Å². The molecule has 0 N–H and O–H groups in total. The SMILES string of the molecule is CCON([O-])OCC. The van der Waals surface area contributed by atoms with Crippen LogP contribution in [-0.4, -0.2) is 18.6 Å². The van der Waals surface area contributed by atoms with E-state index in [0.29, 0.717) is 13.2 Å². The molecular weight excluding hydrogens is 110 g/mol. The van der Waals surface area contributed by atoms with Crippen molar-refractivity contribution in [3.05, 3.63) is 5.21 Å². The van der Waals surface area contributed by atoms with Crippen LogP contribution in [0, 0.1) is 5.21 Å². The highest BCUT2D eigenvalue weighted by Gasteiger charge is 1.82. The van der Waals surface area contributed by atoms with Crippen molar-refractivity contribution in [2.45, 2.75) is 13.8 Å². The molecule has 0 spiro atoms. The second-order valence-electron chi connectivity index (χ2n) is 1.06. The highest BCUT2D eigenvalue weighted by atomic mass is 17.1. The average Bonchev–Trinajstić information content (AvgIpc) is 1.68. The quantitative estimate of drug-likeness (QED) is 0.512. The van der Waals surface area contributed by atoms with Crippen molar-refractivity contribution in [3.63, 3.8) is 0 Å². The van der Waals surface area contributed by atoms with Crippen molar-refractivity contribution in [3.8, 4) is 0 Å². The van der Waals surface area contributed by atoms with Crippen molar-refractivity contribution >= 4 is 0 Å². The Morgan fingerprint density at radius 1 is 1.25 bits per heavy atom. The van der Waals surface area contributed by atoms with E-state index in [9.17, 15) is 5.21 Å². The van der Waals surface area contributed by atoms with Crippen molar-refractivity contribution in [2.75, 3.05) is 13.2 Å². The highest BCUT2D eigenvalue weighted by Crippen LogP contribution is 1.85. The van der Waals surface area contributed by atoms with Crippen LogP contribution in [0.4, 0.5) is 0 Å². The van der Waals surface area contributed by atoms with E-state index in [4.69, 9.17) is 0 Å². The number of nitrogens with zero attached hydrogens (tertiary/aromatic N) is 1. The summed E-state index contributed by atoms with van der Waals surface area (Å²) in [6.07, 6.45) is 0. The Balaban J connectivity index is 2.92. The third kappa shape index (κ3) is 4.01. The van der Waals surface area contributed by atoms with Crippen molar-refractivity contribution in [1.82, 2.24) is 5.39 Å². The molecular formula is C4H10NO3-. The molecule has 0 unspecified atom stereocenters. The minimum Gasteiger partial charge on any atom is -0.738 e. The van der Waals surface area contributed by atoms with E-state index >= 15 is 0 Å². The molecule has 0 bridgehead atoms. The molecule has 8 heavy (non-hydrogen) atoms. The normalized spacial score (nSPS) is 10.5. The van der Waals surface area contributed by atoms with Crippen molar-refractivity contribution < 1.29 is 9.68 Å². The highest BCUT2D eigenvalue weighted by molar-refractivity contribution is 4.17. The zero-order valence-corrected chi connectivity index (χ0v) is 5.09. The summed E-state index contributed by atoms with van der Waals surface area (Å²) in [6.45, 7) is 4.10. The Kier molecular flexibility index (Phi) is 4.89. The predicted molar refractivity (Wildman–Crippen MR) is 28.5 cm³/mol. The van der Waals surface area contributed by atoms with Crippen LogP contribution >= 0.6 is 0 Å². The largest absolute Gasteiger partial charge is 0.738 e. The number of rotatable bonds is 4. The molecule has 0 rings (SSSR count). The van der Waals surface area contributed by atoms with E-state index in [-0.39, 0.29) is 5.39 Å². The average molecular weight is 120 g/mol. The second-order valence-corrected chi connectivity index (χ2v) is 1.06. The molecule has 0 amide bonds. The molecule has 4 heteroatoms. The van der Waals surface area contributed by atoms with Gasteiger partial charge < -0.3 is 5.21 Å². The molecule has 0 aromatic heterocycles. The van der Waals surface area contributed by atoms with Crippen LogP contribution in [0.25, 0.3) is 0 Å². The summed E-state index contributed by atoms with van der Waals surface area (Å²) in [5, 5.41) is 10.2. The first-order valence-corrected chi connectivity index (χ1v) is 2.54. The van der Waals surface area contributed by atoms with E-state index in [1.54, 1.807) is 13.8 Å². The molecule has 0 radical (unpaired) electrons. The summed E-state index contributed by atoms with van der Waals surface area (Å²) in [7, 11) is 0. The maximum atomic E-state index is 10.1. The first-order chi connectivity index (χ1) is 3.81. The van der Waals surface area contributed by atoms with Crippen molar-refractivity contribution in [1.29, 1.82) is 0 Å². The molecule has 4 nitrogen and oxygen atoms in total. The molecule has 0 aliphatic heterocycles. The minimum absolute atomic E-state index is 0.111. The van der Waals surface area contributed by atoms with Crippen LogP contribution in [0.15, 0.2) is 0 Å². The standard InChI is InChI=1S/C4H10NO3/c1-3-7-5(6)8-4-2/h3-4H2,1-2H3/q-1. The molecule has 0 aliphatic carbocycles. The second kappa shape index (κ2) is 4.99. The van der Waals surface area contributed by atoms with Gasteiger partial charge in [0.15, 0.2) is 0 Å². The van der Waals surface area contributed by atoms with Gasteiger partial charge in [0.25, 0.3) is 0 Å². The van der Waals surface area contributed by atoms with Gasteiger partial charge in [-0.2, -0.15) is 0 Å². The molecule has 50 valence electrons. The Labute approximate surface area is 48.5 Å². The summed E-state index contributed by atoms with van der Waals surface area (Å²) in [5.41, 5.74) is 0. The van der Waals surface area contributed by atoms with Crippen LogP contribution in [-0.2, 0) is 9.68 Å². The lowest BCUT2D eigenvalue weighted by molar-refractivity contribution is -0.332. The van der Waals surface area contributed by atoms with Gasteiger partial charge in [0.1, 0.15) is 0 Å². The smallest absolute Gasteiger partial charge is 0.0672 e. The lowest BCUT2D eigenvalue weighted by Gasteiger charge is -2.23. The minimum atomic E-state index is 0.111. The lowest BCUT2D eigenvalue weighted by atomic mass is 10.9. The zero-order valence-electron chi connectivity index (χ0n) is 5.09. The van der Waals surface area contributed by atoms with Gasteiger partial charge in [0.05, 0.1) is 13.2 Å². The van der Waals surface area contributed by atoms with Gasteiger partial charge in [-0.05, 0) is 13.8 Å². The third-order valence-corrected chi connectivity index (χ3v) is 0.469. The summed E-state index contributed by atoms with van der Waals surface area (Å²) < 4.78 is 0. The van der Waals surface area contributed by atoms with Gasteiger partial charge in [-0.15, -0.1) is 5.39 Å². The molecule has 0 aromatic rings. The van der Waals surface area contributed by atoms with E-state index < -0.39 is 0 Å². The lowest BCUT2D eigenvalue weighted by Crippen LogP contribution is -2.16. The fourth-order valence-electron chi connectivity index (χ4n) is 0.248. The number of hydrogen-bond acceptors (Lipinski definition) is 4. The first kappa shape index (κ1) is 7.84. The Hall–Kier alpha value is -0.160. The van der Waals surface area contributed by atoms with E-state index in [1.807, 2.05) is 0 Å². The van der Waals surface area contributed by atoms with Crippen LogP contribution in [0.2, 0.25) is 0 Å².